The van der Waals surface area contributed by atoms with Crippen molar-refractivity contribution >= 4 is 17.5 Å². The van der Waals surface area contributed by atoms with Crippen LogP contribution in [0.3, 0.4) is 0 Å². The third-order valence-corrected chi connectivity index (χ3v) is 3.70. The van der Waals surface area contributed by atoms with Crippen LogP contribution in [0.1, 0.15) is 27.2 Å². The van der Waals surface area contributed by atoms with E-state index in [0.717, 1.165) is 6.42 Å². The number of methoxy groups -OCH3 is 3. The lowest BCUT2D eigenvalue weighted by Crippen LogP contribution is -2.37. The van der Waals surface area contributed by atoms with E-state index in [-0.39, 0.29) is 18.4 Å². The molecule has 1 aromatic carbocycles. The van der Waals surface area contributed by atoms with Crippen molar-refractivity contribution in [1.29, 1.82) is 0 Å². The Morgan fingerprint density at radius 2 is 1.64 bits per heavy atom. The lowest BCUT2D eigenvalue weighted by atomic mass is 10.1. The van der Waals surface area contributed by atoms with Gasteiger partial charge in [0.25, 0.3) is 0 Å². The Balaban J connectivity index is 2.86. The quantitative estimate of drug-likeness (QED) is 0.739. The first-order valence-corrected chi connectivity index (χ1v) is 8.17. The number of nitrogens with zero attached hydrogens (tertiary/aromatic N) is 1. The SMILES string of the molecule is COc1cc(NC(=O)CN(CCC(C)C)C(C)=O)cc(OC)c1OC. The highest BCUT2D eigenvalue weighted by molar-refractivity contribution is 5.94. The number of ether oxygens (including phenoxy) is 3. The van der Waals surface area contributed by atoms with Crippen LogP contribution < -0.4 is 19.5 Å². The molecule has 0 spiro atoms. The predicted molar refractivity (Wildman–Crippen MR) is 96.4 cm³/mol. The third kappa shape index (κ3) is 6.17. The molecular formula is C18H28N2O5. The number of anilines is 1. The van der Waals surface area contributed by atoms with E-state index in [1.54, 1.807) is 12.1 Å². The van der Waals surface area contributed by atoms with E-state index in [9.17, 15) is 9.59 Å². The number of amides is 2. The van der Waals surface area contributed by atoms with Crippen molar-refractivity contribution < 1.29 is 23.8 Å². The number of carbonyl (C=O) groups is 2. The molecule has 1 aromatic rings. The molecular weight excluding hydrogens is 324 g/mol. The molecule has 0 saturated heterocycles. The number of nitrogens with one attached hydrogen (secondary N) is 1. The van der Waals surface area contributed by atoms with Crippen LogP contribution in [0.2, 0.25) is 0 Å². The Labute approximate surface area is 149 Å². The first-order chi connectivity index (χ1) is 11.8. The molecule has 0 radical (unpaired) electrons. The Kier molecular flexibility index (Phi) is 8.04. The monoisotopic (exact) mass is 352 g/mol. The van der Waals surface area contributed by atoms with Crippen LogP contribution in [0.15, 0.2) is 12.1 Å². The first kappa shape index (κ1) is 20.6. The molecule has 0 atom stereocenters. The van der Waals surface area contributed by atoms with Crippen LogP contribution in [0.4, 0.5) is 5.69 Å². The fraction of sp³-hybridized carbons (Fsp3) is 0.556. The maximum absolute atomic E-state index is 12.3. The van der Waals surface area contributed by atoms with Gasteiger partial charge in [-0.05, 0) is 12.3 Å². The second-order valence-electron chi connectivity index (χ2n) is 6.09. The van der Waals surface area contributed by atoms with Gasteiger partial charge in [-0.15, -0.1) is 0 Å². The molecule has 25 heavy (non-hydrogen) atoms. The van der Waals surface area contributed by atoms with Crippen molar-refractivity contribution in [3.05, 3.63) is 12.1 Å². The van der Waals surface area contributed by atoms with Crippen molar-refractivity contribution in [2.45, 2.75) is 27.2 Å². The maximum atomic E-state index is 12.3. The highest BCUT2D eigenvalue weighted by Crippen LogP contribution is 2.39. The molecule has 0 aliphatic carbocycles. The number of carbonyl (C=O) groups excluding carboxylic acids is 2. The minimum atomic E-state index is -0.284. The standard InChI is InChI=1S/C18H28N2O5/c1-12(2)7-8-20(13(3)21)11-17(22)19-14-9-15(23-4)18(25-6)16(10-14)24-5/h9-10,12H,7-8,11H2,1-6H3,(H,19,22). The Bertz CT molecular complexity index is 576. The van der Waals surface area contributed by atoms with Gasteiger partial charge in [-0.2, -0.15) is 0 Å². The Morgan fingerprint density at radius 1 is 1.08 bits per heavy atom. The zero-order chi connectivity index (χ0) is 19.0. The molecule has 1 N–H and O–H groups in total. The number of hydrogen-bond donors (Lipinski definition) is 1. The molecule has 2 amide bonds. The van der Waals surface area contributed by atoms with Gasteiger partial charge in [-0.25, -0.2) is 0 Å². The second-order valence-corrected chi connectivity index (χ2v) is 6.09. The summed E-state index contributed by atoms with van der Waals surface area (Å²) in [5, 5.41) is 2.77. The lowest BCUT2D eigenvalue weighted by Gasteiger charge is -2.22. The van der Waals surface area contributed by atoms with Crippen LogP contribution in [-0.4, -0.2) is 51.1 Å². The minimum Gasteiger partial charge on any atom is -0.493 e. The van der Waals surface area contributed by atoms with Gasteiger partial charge in [-0.1, -0.05) is 13.8 Å². The van der Waals surface area contributed by atoms with E-state index in [0.29, 0.717) is 35.4 Å². The molecule has 7 heteroatoms. The normalized spacial score (nSPS) is 10.4. The average molecular weight is 352 g/mol. The van der Waals surface area contributed by atoms with E-state index in [2.05, 4.69) is 19.2 Å². The number of benzene rings is 1. The van der Waals surface area contributed by atoms with Gasteiger partial charge in [-0.3, -0.25) is 9.59 Å². The van der Waals surface area contributed by atoms with E-state index in [1.165, 1.54) is 33.2 Å². The summed E-state index contributed by atoms with van der Waals surface area (Å²) < 4.78 is 15.8. The molecule has 0 aliphatic rings. The smallest absolute Gasteiger partial charge is 0.243 e. The van der Waals surface area contributed by atoms with E-state index < -0.39 is 0 Å². The fourth-order valence-electron chi connectivity index (χ4n) is 2.29. The van der Waals surface area contributed by atoms with Gasteiger partial charge in [0, 0.05) is 31.3 Å². The van der Waals surface area contributed by atoms with Crippen LogP contribution in [-0.2, 0) is 9.59 Å². The van der Waals surface area contributed by atoms with Gasteiger partial charge in [0.2, 0.25) is 17.6 Å². The van der Waals surface area contributed by atoms with Crippen LogP contribution in [0.25, 0.3) is 0 Å². The zero-order valence-electron chi connectivity index (χ0n) is 15.8. The van der Waals surface area contributed by atoms with Gasteiger partial charge in [0.05, 0.1) is 27.9 Å². The van der Waals surface area contributed by atoms with Crippen LogP contribution in [0.5, 0.6) is 17.2 Å². The van der Waals surface area contributed by atoms with Crippen molar-refractivity contribution in [2.24, 2.45) is 5.92 Å². The van der Waals surface area contributed by atoms with Crippen molar-refractivity contribution in [3.63, 3.8) is 0 Å². The van der Waals surface area contributed by atoms with Crippen LogP contribution in [0, 0.1) is 5.92 Å². The minimum absolute atomic E-state index is 0.00128. The number of hydrogen-bond acceptors (Lipinski definition) is 5. The second kappa shape index (κ2) is 9.76. The maximum Gasteiger partial charge on any atom is 0.243 e. The van der Waals surface area contributed by atoms with Crippen molar-refractivity contribution in [2.75, 3.05) is 39.7 Å². The van der Waals surface area contributed by atoms with Crippen molar-refractivity contribution in [1.82, 2.24) is 4.90 Å². The molecule has 0 bridgehead atoms. The first-order valence-electron chi connectivity index (χ1n) is 8.17. The predicted octanol–water partition coefficient (Wildman–Crippen LogP) is 2.55. The largest absolute Gasteiger partial charge is 0.493 e. The average Bonchev–Trinajstić information content (AvgIpc) is 2.56. The van der Waals surface area contributed by atoms with Gasteiger partial charge in [0.15, 0.2) is 11.5 Å². The summed E-state index contributed by atoms with van der Waals surface area (Å²) in [6, 6.07) is 3.29. The highest BCUT2D eigenvalue weighted by Gasteiger charge is 2.17. The number of rotatable bonds is 9. The van der Waals surface area contributed by atoms with Gasteiger partial charge < -0.3 is 24.4 Å². The summed E-state index contributed by atoms with van der Waals surface area (Å²) in [6.45, 7) is 6.17. The molecule has 0 saturated carbocycles. The summed E-state index contributed by atoms with van der Waals surface area (Å²) in [5.41, 5.74) is 0.506. The zero-order valence-corrected chi connectivity index (χ0v) is 15.8. The summed E-state index contributed by atoms with van der Waals surface area (Å²) in [4.78, 5) is 25.6. The van der Waals surface area contributed by atoms with E-state index in [4.69, 9.17) is 14.2 Å². The van der Waals surface area contributed by atoms with Gasteiger partial charge >= 0.3 is 0 Å². The summed E-state index contributed by atoms with van der Waals surface area (Å²) >= 11 is 0. The van der Waals surface area contributed by atoms with Crippen LogP contribution >= 0.6 is 0 Å². The van der Waals surface area contributed by atoms with Crippen molar-refractivity contribution in [3.8, 4) is 17.2 Å². The molecule has 1 rings (SSSR count). The van der Waals surface area contributed by atoms with E-state index >= 15 is 0 Å². The Hall–Kier alpha value is -2.44. The molecule has 0 aliphatic heterocycles. The summed E-state index contributed by atoms with van der Waals surface area (Å²) in [5.74, 6) is 1.39. The molecule has 7 nitrogen and oxygen atoms in total. The highest BCUT2D eigenvalue weighted by atomic mass is 16.5. The molecule has 0 aromatic heterocycles. The fourth-order valence-corrected chi connectivity index (χ4v) is 2.29. The Morgan fingerprint density at radius 3 is 2.04 bits per heavy atom. The van der Waals surface area contributed by atoms with Gasteiger partial charge in [0.1, 0.15) is 0 Å². The summed E-state index contributed by atoms with van der Waals surface area (Å²) in [6.07, 6.45) is 0.844. The summed E-state index contributed by atoms with van der Waals surface area (Å²) in [7, 11) is 4.52. The molecule has 140 valence electrons. The van der Waals surface area contributed by atoms with E-state index in [1.807, 2.05) is 0 Å². The molecule has 0 heterocycles. The lowest BCUT2D eigenvalue weighted by molar-refractivity contribution is -0.132. The molecule has 0 unspecified atom stereocenters. The topological polar surface area (TPSA) is 77.1 Å². The third-order valence-electron chi connectivity index (χ3n) is 3.70. The molecule has 0 fully saturated rings.